The Labute approximate surface area is 168 Å². The number of halogens is 3. The van der Waals surface area contributed by atoms with Gasteiger partial charge in [0, 0.05) is 35.6 Å². The number of hydrogen-bond donors (Lipinski definition) is 0. The lowest BCUT2D eigenvalue weighted by molar-refractivity contribution is -0.146. The van der Waals surface area contributed by atoms with Gasteiger partial charge in [0.25, 0.3) is 0 Å². The summed E-state index contributed by atoms with van der Waals surface area (Å²) in [6.07, 6.45) is 1.37. The third kappa shape index (κ3) is 6.71. The average Bonchev–Trinajstić information content (AvgIpc) is 2.60. The molecule has 0 amide bonds. The first kappa shape index (κ1) is 22.6. The zero-order valence-corrected chi connectivity index (χ0v) is 17.0. The number of ether oxygens (including phenoxy) is 2. The molecule has 8 heteroatoms. The summed E-state index contributed by atoms with van der Waals surface area (Å²) < 4.78 is 9.84. The molecule has 0 saturated heterocycles. The van der Waals surface area contributed by atoms with Crippen molar-refractivity contribution >= 4 is 58.5 Å². The van der Waals surface area contributed by atoms with Crippen LogP contribution in [0.4, 0.5) is 5.69 Å². The average molecular weight is 423 g/mol. The van der Waals surface area contributed by atoms with Gasteiger partial charge in [-0.15, -0.1) is 23.2 Å². The summed E-state index contributed by atoms with van der Waals surface area (Å²) in [5.74, 6) is -0.605. The zero-order chi connectivity index (χ0) is 19.5. The second kappa shape index (κ2) is 12.0. The molecule has 0 aliphatic carbocycles. The van der Waals surface area contributed by atoms with Crippen LogP contribution in [0.5, 0.6) is 0 Å². The minimum atomic E-state index is -0.753. The molecule has 0 atom stereocenters. The van der Waals surface area contributed by atoms with Gasteiger partial charge in [-0.25, -0.2) is 9.59 Å². The largest absolute Gasteiger partial charge is 0.462 e. The minimum absolute atomic E-state index is 0.147. The standard InChI is InChI=1S/C18H22Cl3NO4/c1-3-25-17(23)15(18(24)26-4-2)11-13-5-6-14(12-16(13)21)22(9-7-19)10-8-20/h5-6,11-12H,3-4,7-10H2,1-2H3. The van der Waals surface area contributed by atoms with Crippen LogP contribution < -0.4 is 4.90 Å². The molecule has 0 aromatic heterocycles. The molecule has 1 aromatic carbocycles. The summed E-state index contributed by atoms with van der Waals surface area (Å²) >= 11 is 18.0. The van der Waals surface area contributed by atoms with Gasteiger partial charge in [0.15, 0.2) is 0 Å². The summed E-state index contributed by atoms with van der Waals surface area (Å²) in [4.78, 5) is 26.1. The molecule has 0 heterocycles. The molecule has 5 nitrogen and oxygen atoms in total. The maximum Gasteiger partial charge on any atom is 0.345 e. The fourth-order valence-electron chi connectivity index (χ4n) is 2.18. The van der Waals surface area contributed by atoms with Crippen LogP contribution in [0.15, 0.2) is 23.8 Å². The SMILES string of the molecule is CCOC(=O)C(=Cc1ccc(N(CCCl)CCCl)cc1Cl)C(=O)OCC. The number of esters is 2. The highest BCUT2D eigenvalue weighted by Gasteiger charge is 2.21. The smallest absolute Gasteiger partial charge is 0.345 e. The molecule has 0 aliphatic heterocycles. The minimum Gasteiger partial charge on any atom is -0.462 e. The molecule has 0 radical (unpaired) electrons. The number of carbonyl (C=O) groups excluding carboxylic acids is 2. The molecule has 26 heavy (non-hydrogen) atoms. The Morgan fingerprint density at radius 3 is 2.00 bits per heavy atom. The Kier molecular flexibility index (Phi) is 10.5. The van der Waals surface area contributed by atoms with Gasteiger partial charge in [-0.05, 0) is 37.6 Å². The summed E-state index contributed by atoms with van der Waals surface area (Å²) in [6, 6.07) is 5.27. The van der Waals surface area contributed by atoms with Crippen LogP contribution in [0.3, 0.4) is 0 Å². The van der Waals surface area contributed by atoms with Gasteiger partial charge >= 0.3 is 11.9 Å². The fourth-order valence-corrected chi connectivity index (χ4v) is 2.82. The number of rotatable bonds is 10. The molecule has 0 spiro atoms. The highest BCUT2D eigenvalue weighted by molar-refractivity contribution is 6.33. The van der Waals surface area contributed by atoms with Crippen LogP contribution in [-0.2, 0) is 19.1 Å². The van der Waals surface area contributed by atoms with E-state index in [1.807, 2.05) is 11.0 Å². The highest BCUT2D eigenvalue weighted by Crippen LogP contribution is 2.26. The number of hydrogen-bond acceptors (Lipinski definition) is 5. The van der Waals surface area contributed by atoms with E-state index in [0.29, 0.717) is 35.4 Å². The molecule has 0 aliphatic rings. The fraction of sp³-hybridized carbons (Fsp3) is 0.444. The molecule has 0 unspecified atom stereocenters. The summed E-state index contributed by atoms with van der Waals surface area (Å²) in [6.45, 7) is 4.85. The summed E-state index contributed by atoms with van der Waals surface area (Å²) in [7, 11) is 0. The number of nitrogens with zero attached hydrogens (tertiary/aromatic N) is 1. The van der Waals surface area contributed by atoms with Crippen molar-refractivity contribution in [2.24, 2.45) is 0 Å². The summed E-state index contributed by atoms with van der Waals surface area (Å²) in [5, 5.41) is 0.378. The monoisotopic (exact) mass is 421 g/mol. The first-order chi connectivity index (χ1) is 12.5. The number of anilines is 1. The number of carbonyl (C=O) groups is 2. The predicted octanol–water partition coefficient (Wildman–Crippen LogP) is 4.13. The van der Waals surface area contributed by atoms with Crippen LogP contribution in [0, 0.1) is 0 Å². The maximum atomic E-state index is 12.0. The predicted molar refractivity (Wildman–Crippen MR) is 106 cm³/mol. The van der Waals surface area contributed by atoms with Crippen molar-refractivity contribution in [1.82, 2.24) is 0 Å². The molecule has 144 valence electrons. The lowest BCUT2D eigenvalue weighted by atomic mass is 10.1. The van der Waals surface area contributed by atoms with Crippen molar-refractivity contribution < 1.29 is 19.1 Å². The first-order valence-corrected chi connectivity index (χ1v) is 9.65. The quantitative estimate of drug-likeness (QED) is 0.186. The second-order valence-corrected chi connectivity index (χ2v) is 6.23. The molecule has 1 rings (SSSR count). The van der Waals surface area contributed by atoms with E-state index in [1.165, 1.54) is 6.08 Å². The first-order valence-electron chi connectivity index (χ1n) is 8.20. The molecular weight excluding hydrogens is 401 g/mol. The molecule has 0 bridgehead atoms. The third-order valence-corrected chi connectivity index (χ3v) is 4.01. The molecule has 0 fully saturated rings. The van der Waals surface area contributed by atoms with E-state index in [2.05, 4.69) is 0 Å². The van der Waals surface area contributed by atoms with Crippen molar-refractivity contribution in [2.75, 3.05) is 43.0 Å². The molecule has 0 saturated carbocycles. The molecular formula is C18H22Cl3NO4. The van der Waals surface area contributed by atoms with Gasteiger partial charge in [-0.2, -0.15) is 0 Å². The van der Waals surface area contributed by atoms with E-state index in [-0.39, 0.29) is 18.8 Å². The van der Waals surface area contributed by atoms with E-state index in [4.69, 9.17) is 44.3 Å². The van der Waals surface area contributed by atoms with Gasteiger partial charge in [0.2, 0.25) is 0 Å². The summed E-state index contributed by atoms with van der Waals surface area (Å²) in [5.41, 5.74) is 1.15. The Balaban J connectivity index is 3.20. The lowest BCUT2D eigenvalue weighted by Gasteiger charge is -2.23. The van der Waals surface area contributed by atoms with Crippen LogP contribution >= 0.6 is 34.8 Å². The van der Waals surface area contributed by atoms with Crippen molar-refractivity contribution in [3.63, 3.8) is 0 Å². The topological polar surface area (TPSA) is 55.8 Å². The van der Waals surface area contributed by atoms with Gasteiger partial charge in [-0.3, -0.25) is 0 Å². The van der Waals surface area contributed by atoms with Gasteiger partial charge in [0.05, 0.1) is 13.2 Å². The Bertz CT molecular complexity index is 623. The molecule has 1 aromatic rings. The van der Waals surface area contributed by atoms with Crippen LogP contribution in [0.2, 0.25) is 5.02 Å². The van der Waals surface area contributed by atoms with Crippen LogP contribution in [0.1, 0.15) is 19.4 Å². The highest BCUT2D eigenvalue weighted by atomic mass is 35.5. The van der Waals surface area contributed by atoms with Crippen molar-refractivity contribution in [3.05, 3.63) is 34.4 Å². The van der Waals surface area contributed by atoms with Crippen LogP contribution in [-0.4, -0.2) is 50.0 Å². The second-order valence-electron chi connectivity index (χ2n) is 5.07. The Morgan fingerprint density at radius 2 is 1.58 bits per heavy atom. The van der Waals surface area contributed by atoms with Gasteiger partial charge < -0.3 is 14.4 Å². The Hall–Kier alpha value is -1.43. The molecule has 0 N–H and O–H groups in total. The van der Waals surface area contributed by atoms with E-state index in [1.54, 1.807) is 26.0 Å². The van der Waals surface area contributed by atoms with E-state index in [0.717, 1.165) is 5.69 Å². The number of alkyl halides is 2. The lowest BCUT2D eigenvalue weighted by Crippen LogP contribution is -2.27. The Morgan fingerprint density at radius 1 is 1.04 bits per heavy atom. The van der Waals surface area contributed by atoms with Crippen molar-refractivity contribution in [3.8, 4) is 0 Å². The van der Waals surface area contributed by atoms with Gasteiger partial charge in [0.1, 0.15) is 5.57 Å². The number of benzene rings is 1. The maximum absolute atomic E-state index is 12.0. The van der Waals surface area contributed by atoms with Gasteiger partial charge in [-0.1, -0.05) is 17.7 Å². The van der Waals surface area contributed by atoms with E-state index < -0.39 is 11.9 Å². The third-order valence-electron chi connectivity index (χ3n) is 3.35. The van der Waals surface area contributed by atoms with Crippen molar-refractivity contribution in [2.45, 2.75) is 13.8 Å². The zero-order valence-electron chi connectivity index (χ0n) is 14.8. The van der Waals surface area contributed by atoms with E-state index in [9.17, 15) is 9.59 Å². The van der Waals surface area contributed by atoms with Crippen LogP contribution in [0.25, 0.3) is 6.08 Å². The van der Waals surface area contributed by atoms with Crippen molar-refractivity contribution in [1.29, 1.82) is 0 Å². The normalized spacial score (nSPS) is 10.2. The van der Waals surface area contributed by atoms with E-state index >= 15 is 0 Å².